The van der Waals surface area contributed by atoms with E-state index in [1.807, 2.05) is 6.07 Å². The Hall–Kier alpha value is -2.64. The lowest BCUT2D eigenvalue weighted by Crippen LogP contribution is -2.44. The van der Waals surface area contributed by atoms with Crippen LogP contribution in [-0.2, 0) is 22.0 Å². The van der Waals surface area contributed by atoms with Crippen molar-refractivity contribution < 1.29 is 26.3 Å². The first-order valence-electron chi connectivity index (χ1n) is 8.84. The van der Waals surface area contributed by atoms with Crippen molar-refractivity contribution in [2.45, 2.75) is 30.9 Å². The Morgan fingerprint density at radius 1 is 1.24 bits per heavy atom. The van der Waals surface area contributed by atoms with Crippen molar-refractivity contribution in [2.24, 2.45) is 0 Å². The van der Waals surface area contributed by atoms with Crippen molar-refractivity contribution in [3.8, 4) is 11.9 Å². The van der Waals surface area contributed by atoms with E-state index in [0.29, 0.717) is 24.9 Å². The minimum absolute atomic E-state index is 0.113. The van der Waals surface area contributed by atoms with Gasteiger partial charge in [-0.25, -0.2) is 13.4 Å². The van der Waals surface area contributed by atoms with E-state index in [4.69, 9.17) is 10.00 Å². The van der Waals surface area contributed by atoms with Crippen LogP contribution in [0.2, 0.25) is 0 Å². The van der Waals surface area contributed by atoms with Gasteiger partial charge in [0.15, 0.2) is 0 Å². The third kappa shape index (κ3) is 5.46. The number of sulfonamides is 1. The molecule has 6 nitrogen and oxygen atoms in total. The average Bonchev–Trinajstić information content (AvgIpc) is 2.68. The van der Waals surface area contributed by atoms with Crippen LogP contribution in [0.3, 0.4) is 0 Å². The van der Waals surface area contributed by atoms with Gasteiger partial charge in [-0.3, -0.25) is 0 Å². The predicted molar refractivity (Wildman–Crippen MR) is 98.2 cm³/mol. The summed E-state index contributed by atoms with van der Waals surface area (Å²) in [5.74, 6) is -0.143. The molecule has 2 aromatic rings. The number of piperidine rings is 1. The van der Waals surface area contributed by atoms with Gasteiger partial charge in [0, 0.05) is 18.8 Å². The second kappa shape index (κ2) is 8.39. The molecule has 1 aliphatic rings. The van der Waals surface area contributed by atoms with Crippen LogP contribution in [0.1, 0.15) is 29.5 Å². The van der Waals surface area contributed by atoms with Crippen molar-refractivity contribution >= 4 is 10.0 Å². The molecule has 0 saturated carbocycles. The van der Waals surface area contributed by atoms with Crippen LogP contribution in [-0.4, -0.2) is 36.9 Å². The SMILES string of the molecule is N#Cc1ccnc(O[C@H]2CCCN(S(=O)(=O)Cc3ccc(C(F)(F)F)cc3)C2)c1. The number of rotatable bonds is 5. The molecule has 1 aromatic carbocycles. The molecule has 0 unspecified atom stereocenters. The summed E-state index contributed by atoms with van der Waals surface area (Å²) in [6.45, 7) is 0.427. The van der Waals surface area contributed by atoms with Gasteiger partial charge in [0.25, 0.3) is 0 Å². The Labute approximate surface area is 166 Å². The van der Waals surface area contributed by atoms with Gasteiger partial charge in [-0.2, -0.15) is 22.7 Å². The van der Waals surface area contributed by atoms with Crippen LogP contribution in [0, 0.1) is 11.3 Å². The molecule has 1 saturated heterocycles. The molecule has 0 bridgehead atoms. The molecule has 2 heterocycles. The lowest BCUT2D eigenvalue weighted by molar-refractivity contribution is -0.137. The van der Waals surface area contributed by atoms with Gasteiger partial charge < -0.3 is 4.74 Å². The maximum Gasteiger partial charge on any atom is 0.416 e. The van der Waals surface area contributed by atoms with E-state index in [-0.39, 0.29) is 23.7 Å². The number of halogens is 3. The molecule has 1 aliphatic heterocycles. The fourth-order valence-electron chi connectivity index (χ4n) is 3.06. The molecule has 154 valence electrons. The fraction of sp³-hybridized carbons (Fsp3) is 0.368. The van der Waals surface area contributed by atoms with E-state index in [2.05, 4.69) is 4.98 Å². The van der Waals surface area contributed by atoms with Crippen molar-refractivity contribution in [3.05, 3.63) is 59.3 Å². The molecular weight excluding hydrogens is 407 g/mol. The number of hydrogen-bond acceptors (Lipinski definition) is 5. The fourth-order valence-corrected chi connectivity index (χ4v) is 4.66. The number of aromatic nitrogens is 1. The monoisotopic (exact) mass is 425 g/mol. The van der Waals surface area contributed by atoms with Crippen molar-refractivity contribution in [1.29, 1.82) is 5.26 Å². The Morgan fingerprint density at radius 2 is 1.97 bits per heavy atom. The highest BCUT2D eigenvalue weighted by Gasteiger charge is 2.32. The van der Waals surface area contributed by atoms with Gasteiger partial charge >= 0.3 is 6.18 Å². The zero-order valence-electron chi connectivity index (χ0n) is 15.3. The number of nitriles is 1. The van der Waals surface area contributed by atoms with Gasteiger partial charge in [-0.15, -0.1) is 0 Å². The number of nitrogens with zero attached hydrogens (tertiary/aromatic N) is 3. The van der Waals surface area contributed by atoms with Crippen LogP contribution in [0.5, 0.6) is 5.88 Å². The molecule has 0 amide bonds. The first-order valence-corrected chi connectivity index (χ1v) is 10.4. The Morgan fingerprint density at radius 3 is 2.62 bits per heavy atom. The third-order valence-electron chi connectivity index (χ3n) is 4.52. The van der Waals surface area contributed by atoms with Gasteiger partial charge in [0.05, 0.1) is 29.5 Å². The van der Waals surface area contributed by atoms with Crippen LogP contribution < -0.4 is 4.74 Å². The number of hydrogen-bond donors (Lipinski definition) is 0. The van der Waals surface area contributed by atoms with Gasteiger partial charge in [0.1, 0.15) is 6.10 Å². The molecule has 0 radical (unpaired) electrons. The van der Waals surface area contributed by atoms with E-state index < -0.39 is 27.9 Å². The first-order chi connectivity index (χ1) is 13.7. The zero-order chi connectivity index (χ0) is 21.1. The maximum absolute atomic E-state index is 12.7. The van der Waals surface area contributed by atoms with E-state index in [0.717, 1.165) is 12.1 Å². The summed E-state index contributed by atoms with van der Waals surface area (Å²) in [6.07, 6.45) is -2.24. The maximum atomic E-state index is 12.7. The van der Waals surface area contributed by atoms with Crippen LogP contribution in [0.15, 0.2) is 42.6 Å². The van der Waals surface area contributed by atoms with E-state index in [1.165, 1.54) is 34.8 Å². The molecule has 10 heteroatoms. The van der Waals surface area contributed by atoms with Gasteiger partial charge in [-0.05, 0) is 36.6 Å². The van der Waals surface area contributed by atoms with Crippen molar-refractivity contribution in [3.63, 3.8) is 0 Å². The molecular formula is C19H18F3N3O3S. The van der Waals surface area contributed by atoms with Crippen LogP contribution in [0.25, 0.3) is 0 Å². The second-order valence-corrected chi connectivity index (χ2v) is 8.65. The number of pyridine rings is 1. The van der Waals surface area contributed by atoms with Crippen molar-refractivity contribution in [1.82, 2.24) is 9.29 Å². The smallest absolute Gasteiger partial charge is 0.416 e. The Kier molecular flexibility index (Phi) is 6.10. The van der Waals surface area contributed by atoms with E-state index in [9.17, 15) is 21.6 Å². The largest absolute Gasteiger partial charge is 0.473 e. The molecule has 1 aromatic heterocycles. The minimum atomic E-state index is -4.47. The summed E-state index contributed by atoms with van der Waals surface area (Å²) >= 11 is 0. The van der Waals surface area contributed by atoms with Crippen LogP contribution in [0.4, 0.5) is 13.2 Å². The molecule has 29 heavy (non-hydrogen) atoms. The van der Waals surface area contributed by atoms with Crippen LogP contribution >= 0.6 is 0 Å². The number of ether oxygens (including phenoxy) is 1. The topological polar surface area (TPSA) is 83.3 Å². The lowest BCUT2D eigenvalue weighted by Gasteiger charge is -2.31. The summed E-state index contributed by atoms with van der Waals surface area (Å²) in [5, 5.41) is 8.94. The molecule has 0 spiro atoms. The minimum Gasteiger partial charge on any atom is -0.473 e. The lowest BCUT2D eigenvalue weighted by atomic mass is 10.1. The molecule has 3 rings (SSSR count). The highest BCUT2D eigenvalue weighted by atomic mass is 32.2. The average molecular weight is 425 g/mol. The molecule has 1 fully saturated rings. The van der Waals surface area contributed by atoms with E-state index >= 15 is 0 Å². The summed E-state index contributed by atoms with van der Waals surface area (Å²) in [4.78, 5) is 4.03. The first kappa shape index (κ1) is 21.1. The summed E-state index contributed by atoms with van der Waals surface area (Å²) < 4.78 is 70.4. The Bertz CT molecular complexity index is 1000. The number of alkyl halides is 3. The highest BCUT2D eigenvalue weighted by molar-refractivity contribution is 7.88. The summed E-state index contributed by atoms with van der Waals surface area (Å²) in [5.41, 5.74) is -0.154. The van der Waals surface area contributed by atoms with Gasteiger partial charge in [-0.1, -0.05) is 12.1 Å². The molecule has 0 N–H and O–H groups in total. The predicted octanol–water partition coefficient (Wildman–Crippen LogP) is 3.35. The van der Waals surface area contributed by atoms with Gasteiger partial charge in [0.2, 0.25) is 15.9 Å². The second-order valence-electron chi connectivity index (χ2n) is 6.69. The van der Waals surface area contributed by atoms with E-state index in [1.54, 1.807) is 0 Å². The van der Waals surface area contributed by atoms with Crippen molar-refractivity contribution in [2.75, 3.05) is 13.1 Å². The normalized spacial score (nSPS) is 18.2. The molecule has 1 atom stereocenters. The summed E-state index contributed by atoms with van der Waals surface area (Å²) in [6, 6.07) is 9.10. The quantitative estimate of drug-likeness (QED) is 0.734. The zero-order valence-corrected chi connectivity index (χ0v) is 16.1. The standard InChI is InChI=1S/C19H18F3N3O3S/c20-19(21,22)16-5-3-14(4-6-16)13-29(26,27)25-9-1-2-17(12-25)28-18-10-15(11-23)7-8-24-18/h3-8,10,17H,1-2,9,12-13H2/t17-/m0/s1. The Balaban J connectivity index is 1.66. The third-order valence-corrected chi connectivity index (χ3v) is 6.33. The number of benzene rings is 1. The molecule has 0 aliphatic carbocycles. The highest BCUT2D eigenvalue weighted by Crippen LogP contribution is 2.29. The summed E-state index contributed by atoms with van der Waals surface area (Å²) in [7, 11) is -3.72.